The number of hydrogen-bond acceptors (Lipinski definition) is 9. The summed E-state index contributed by atoms with van der Waals surface area (Å²) in [5.41, 5.74) is 9.73. The van der Waals surface area contributed by atoms with E-state index in [4.69, 9.17) is 21.7 Å². The van der Waals surface area contributed by atoms with Gasteiger partial charge in [0.2, 0.25) is 5.95 Å². The molecule has 0 aromatic carbocycles. The molecule has 0 saturated carbocycles. The summed E-state index contributed by atoms with van der Waals surface area (Å²) in [6, 6.07) is 0.226. The Labute approximate surface area is 172 Å². The van der Waals surface area contributed by atoms with E-state index in [1.165, 1.54) is 12.1 Å². The third-order valence-corrected chi connectivity index (χ3v) is 3.71. The molecule has 0 unspecified atom stereocenters. The summed E-state index contributed by atoms with van der Waals surface area (Å²) in [6.45, 7) is 0. The summed E-state index contributed by atoms with van der Waals surface area (Å²) in [4.78, 5) is 67.2. The average molecular weight is 434 g/mol. The van der Waals surface area contributed by atoms with Crippen molar-refractivity contribution in [2.24, 2.45) is 0 Å². The van der Waals surface area contributed by atoms with Crippen LogP contribution in [0.15, 0.2) is 23.1 Å². The van der Waals surface area contributed by atoms with Gasteiger partial charge >= 0.3 is 18.0 Å². The van der Waals surface area contributed by atoms with E-state index in [2.05, 4.69) is 30.9 Å². The summed E-state index contributed by atoms with van der Waals surface area (Å²) < 4.78 is 0. The standard InChI is InChI=1S/C16H18N8O7/c17-11-10(13(28)24-15(18)23-11)22-16(31)20-6-1-2-7(19-5-6)12(27)21-8(14(29)30)3-4-9(25)26/h1-2,5,8H,3-4H2,(H,21,27)(H,25,26)(H,29,30)(H2,20,22,31)(H5,17,18,23,24,28)/t8-/m0/s1. The van der Waals surface area contributed by atoms with Crippen LogP contribution < -0.4 is 33.0 Å². The van der Waals surface area contributed by atoms with Crippen molar-refractivity contribution >= 4 is 47.0 Å². The molecule has 164 valence electrons. The molecule has 0 aliphatic carbocycles. The molecule has 31 heavy (non-hydrogen) atoms. The first-order chi connectivity index (χ1) is 14.6. The average Bonchev–Trinajstić information content (AvgIpc) is 2.68. The van der Waals surface area contributed by atoms with Gasteiger partial charge in [0.05, 0.1) is 11.9 Å². The molecule has 15 nitrogen and oxygen atoms in total. The number of hydrogen-bond donors (Lipinski definition) is 8. The first kappa shape index (κ1) is 22.6. The van der Waals surface area contributed by atoms with Crippen molar-refractivity contribution in [1.82, 2.24) is 20.3 Å². The number of carbonyl (C=O) groups is 4. The lowest BCUT2D eigenvalue weighted by molar-refractivity contribution is -0.140. The molecule has 3 amide bonds. The van der Waals surface area contributed by atoms with Crippen molar-refractivity contribution in [3.05, 3.63) is 34.4 Å². The second kappa shape index (κ2) is 9.68. The van der Waals surface area contributed by atoms with Crippen LogP contribution in [-0.2, 0) is 9.59 Å². The van der Waals surface area contributed by atoms with Crippen LogP contribution in [0, 0.1) is 0 Å². The molecule has 2 aromatic rings. The lowest BCUT2D eigenvalue weighted by Gasteiger charge is -2.13. The molecule has 2 rings (SSSR count). The fourth-order valence-corrected chi connectivity index (χ4v) is 2.26. The molecular weight excluding hydrogens is 416 g/mol. The Morgan fingerprint density at radius 3 is 2.39 bits per heavy atom. The smallest absolute Gasteiger partial charge is 0.326 e. The number of rotatable bonds is 8. The summed E-state index contributed by atoms with van der Waals surface area (Å²) in [6.07, 6.45) is 0.355. The number of anilines is 4. The van der Waals surface area contributed by atoms with E-state index < -0.39 is 41.9 Å². The molecule has 1 atom stereocenters. The number of carboxylic acid groups (broad SMARTS) is 2. The maximum absolute atomic E-state index is 12.1. The maximum Gasteiger partial charge on any atom is 0.326 e. The summed E-state index contributed by atoms with van der Waals surface area (Å²) in [5, 5.41) is 24.4. The fraction of sp³-hybridized carbons (Fsp3) is 0.188. The SMILES string of the molecule is Nc1nc(N)c(NC(=O)Nc2ccc(C(=O)N[C@@H](CCC(=O)O)C(=O)O)nc2)c(=O)[nH]1. The third-order valence-electron chi connectivity index (χ3n) is 3.71. The zero-order chi connectivity index (χ0) is 23.1. The van der Waals surface area contributed by atoms with Crippen LogP contribution in [0.2, 0.25) is 0 Å². The van der Waals surface area contributed by atoms with Gasteiger partial charge in [-0.25, -0.2) is 14.6 Å². The zero-order valence-electron chi connectivity index (χ0n) is 15.7. The summed E-state index contributed by atoms with van der Waals surface area (Å²) in [5.74, 6) is -3.96. The molecule has 0 fully saturated rings. The molecule has 2 aromatic heterocycles. The van der Waals surface area contributed by atoms with Gasteiger partial charge in [0.1, 0.15) is 11.7 Å². The number of amides is 3. The van der Waals surface area contributed by atoms with Crippen molar-refractivity contribution < 1.29 is 29.4 Å². The van der Waals surface area contributed by atoms with Crippen LogP contribution in [0.3, 0.4) is 0 Å². The highest BCUT2D eigenvalue weighted by Gasteiger charge is 2.22. The van der Waals surface area contributed by atoms with Gasteiger partial charge in [0.25, 0.3) is 11.5 Å². The van der Waals surface area contributed by atoms with Crippen LogP contribution in [0.1, 0.15) is 23.3 Å². The molecule has 0 aliphatic heterocycles. The van der Waals surface area contributed by atoms with E-state index in [-0.39, 0.29) is 35.3 Å². The second-order valence-electron chi connectivity index (χ2n) is 6.02. The quantitative estimate of drug-likeness (QED) is 0.250. The molecule has 0 aliphatic rings. The van der Waals surface area contributed by atoms with Gasteiger partial charge in [-0.15, -0.1) is 0 Å². The number of carboxylic acids is 2. The number of pyridine rings is 1. The number of urea groups is 1. The molecule has 10 N–H and O–H groups in total. The molecule has 0 spiro atoms. The van der Waals surface area contributed by atoms with Crippen LogP contribution in [-0.4, -0.2) is 55.1 Å². The van der Waals surface area contributed by atoms with E-state index in [1.54, 1.807) is 0 Å². The van der Waals surface area contributed by atoms with Gasteiger partial charge in [-0.1, -0.05) is 0 Å². The second-order valence-corrected chi connectivity index (χ2v) is 6.02. The van der Waals surface area contributed by atoms with Gasteiger partial charge in [-0.05, 0) is 18.6 Å². The first-order valence-electron chi connectivity index (χ1n) is 8.51. The topological polar surface area (TPSA) is 256 Å². The Kier molecular flexibility index (Phi) is 7.06. The lowest BCUT2D eigenvalue weighted by atomic mass is 10.1. The highest BCUT2D eigenvalue weighted by molar-refractivity contribution is 6.01. The number of aromatic amines is 1. The fourth-order valence-electron chi connectivity index (χ4n) is 2.26. The molecule has 15 heteroatoms. The normalized spacial score (nSPS) is 11.2. The minimum atomic E-state index is -1.41. The van der Waals surface area contributed by atoms with E-state index >= 15 is 0 Å². The minimum absolute atomic E-state index is 0.133. The van der Waals surface area contributed by atoms with Crippen LogP contribution in [0.4, 0.5) is 27.9 Å². The van der Waals surface area contributed by atoms with Gasteiger partial charge in [-0.2, -0.15) is 4.98 Å². The summed E-state index contributed by atoms with van der Waals surface area (Å²) >= 11 is 0. The number of aliphatic carboxylic acids is 2. The Bertz CT molecular complexity index is 1070. The molecular formula is C16H18N8O7. The van der Waals surface area contributed by atoms with Crippen molar-refractivity contribution in [3.63, 3.8) is 0 Å². The Morgan fingerprint density at radius 1 is 1.13 bits per heavy atom. The van der Waals surface area contributed by atoms with Crippen molar-refractivity contribution in [2.45, 2.75) is 18.9 Å². The number of nitrogens with one attached hydrogen (secondary N) is 4. The van der Waals surface area contributed by atoms with Crippen LogP contribution in [0.25, 0.3) is 0 Å². The predicted molar refractivity (Wildman–Crippen MR) is 106 cm³/mol. The first-order valence-corrected chi connectivity index (χ1v) is 8.51. The van der Waals surface area contributed by atoms with Crippen LogP contribution >= 0.6 is 0 Å². The maximum atomic E-state index is 12.1. The minimum Gasteiger partial charge on any atom is -0.481 e. The van der Waals surface area contributed by atoms with E-state index in [1.807, 2.05) is 0 Å². The van der Waals surface area contributed by atoms with Gasteiger partial charge < -0.3 is 32.3 Å². The molecule has 0 saturated heterocycles. The van der Waals surface area contributed by atoms with Crippen molar-refractivity contribution in [3.8, 4) is 0 Å². The monoisotopic (exact) mass is 434 g/mol. The van der Waals surface area contributed by atoms with Crippen molar-refractivity contribution in [2.75, 3.05) is 22.1 Å². The number of nitrogen functional groups attached to an aromatic ring is 2. The highest BCUT2D eigenvalue weighted by atomic mass is 16.4. The third kappa shape index (κ3) is 6.41. The van der Waals surface area contributed by atoms with Gasteiger partial charge in [0, 0.05) is 6.42 Å². The molecule has 2 heterocycles. The van der Waals surface area contributed by atoms with Crippen molar-refractivity contribution in [1.29, 1.82) is 0 Å². The van der Waals surface area contributed by atoms with Gasteiger partial charge in [-0.3, -0.25) is 24.7 Å². The number of aromatic nitrogens is 3. The Balaban J connectivity index is 2.00. The zero-order valence-corrected chi connectivity index (χ0v) is 15.7. The predicted octanol–water partition coefficient (Wildman–Crippen LogP) is -0.979. The Hall–Kier alpha value is -4.69. The Morgan fingerprint density at radius 2 is 1.84 bits per heavy atom. The van der Waals surface area contributed by atoms with E-state index in [9.17, 15) is 24.0 Å². The van der Waals surface area contributed by atoms with Crippen LogP contribution in [0.5, 0.6) is 0 Å². The summed E-state index contributed by atoms with van der Waals surface area (Å²) in [7, 11) is 0. The number of H-pyrrole nitrogens is 1. The highest BCUT2D eigenvalue weighted by Crippen LogP contribution is 2.12. The number of nitrogens with two attached hydrogens (primary N) is 2. The van der Waals surface area contributed by atoms with E-state index in [0.29, 0.717) is 0 Å². The number of nitrogens with zero attached hydrogens (tertiary/aromatic N) is 2. The largest absolute Gasteiger partial charge is 0.481 e. The number of carbonyl (C=O) groups excluding carboxylic acids is 2. The van der Waals surface area contributed by atoms with Gasteiger partial charge in [0.15, 0.2) is 11.5 Å². The molecule has 0 bridgehead atoms. The lowest BCUT2D eigenvalue weighted by Crippen LogP contribution is -2.41. The molecule has 0 radical (unpaired) electrons. The van der Waals surface area contributed by atoms with E-state index in [0.717, 1.165) is 6.20 Å².